The summed E-state index contributed by atoms with van der Waals surface area (Å²) in [5.41, 5.74) is 5.99. The van der Waals surface area contributed by atoms with Crippen LogP contribution in [0.4, 0.5) is 5.69 Å². The van der Waals surface area contributed by atoms with Crippen molar-refractivity contribution in [3.63, 3.8) is 0 Å². The van der Waals surface area contributed by atoms with Crippen LogP contribution in [0.5, 0.6) is 5.75 Å². The van der Waals surface area contributed by atoms with Crippen LogP contribution < -0.4 is 5.32 Å². The molecule has 28 heavy (non-hydrogen) atoms. The van der Waals surface area contributed by atoms with Gasteiger partial charge in [0.25, 0.3) is 0 Å². The first-order chi connectivity index (χ1) is 13.4. The Morgan fingerprint density at radius 3 is 2.64 bits per heavy atom. The van der Waals surface area contributed by atoms with Crippen LogP contribution in [0.15, 0.2) is 60.3 Å². The Morgan fingerprint density at radius 1 is 1.07 bits per heavy atom. The maximum absolute atomic E-state index is 13.2. The number of phenolic OH excluding ortho intramolecular Hbond substituents is 1. The quantitative estimate of drug-likeness (QED) is 0.614. The monoisotopic (exact) mass is 370 g/mol. The van der Waals surface area contributed by atoms with E-state index in [0.29, 0.717) is 6.42 Å². The third kappa shape index (κ3) is 2.60. The normalized spacial score (nSPS) is 20.5. The molecule has 1 aromatic heterocycles. The van der Waals surface area contributed by atoms with Gasteiger partial charge in [0.15, 0.2) is 5.78 Å². The molecule has 140 valence electrons. The summed E-state index contributed by atoms with van der Waals surface area (Å²) in [6, 6.07) is 15.0. The number of hydrogen-bond acceptors (Lipinski definition) is 4. The highest BCUT2D eigenvalue weighted by molar-refractivity contribution is 6.11. The Bertz CT molecular complexity index is 1140. The molecule has 1 atom stereocenters. The molecule has 4 nitrogen and oxygen atoms in total. The van der Waals surface area contributed by atoms with Gasteiger partial charge in [0.1, 0.15) is 5.75 Å². The highest BCUT2D eigenvalue weighted by Crippen LogP contribution is 2.51. The second-order valence-corrected chi connectivity index (χ2v) is 8.56. The van der Waals surface area contributed by atoms with Gasteiger partial charge in [-0.25, -0.2) is 0 Å². The van der Waals surface area contributed by atoms with Crippen LogP contribution >= 0.6 is 0 Å². The topological polar surface area (TPSA) is 62.2 Å². The second kappa shape index (κ2) is 5.93. The first-order valence-corrected chi connectivity index (χ1v) is 9.63. The molecule has 4 heteroatoms. The van der Waals surface area contributed by atoms with Gasteiger partial charge >= 0.3 is 0 Å². The number of benzene rings is 2. The average Bonchev–Trinajstić information content (AvgIpc) is 2.66. The summed E-state index contributed by atoms with van der Waals surface area (Å²) in [5, 5.41) is 14.4. The number of pyridine rings is 1. The van der Waals surface area contributed by atoms with E-state index in [1.54, 1.807) is 18.3 Å². The number of ketones is 1. The van der Waals surface area contributed by atoms with Gasteiger partial charge in [-0.1, -0.05) is 32.0 Å². The largest absolute Gasteiger partial charge is 0.508 e. The first-order valence-electron chi connectivity index (χ1n) is 9.63. The van der Waals surface area contributed by atoms with E-state index < -0.39 is 0 Å². The van der Waals surface area contributed by atoms with Gasteiger partial charge in [-0.2, -0.15) is 0 Å². The van der Waals surface area contributed by atoms with Crippen LogP contribution in [0.3, 0.4) is 0 Å². The van der Waals surface area contributed by atoms with Gasteiger partial charge in [-0.15, -0.1) is 0 Å². The molecule has 0 saturated heterocycles. The molecule has 1 aliphatic carbocycles. The first kappa shape index (κ1) is 17.0. The van der Waals surface area contributed by atoms with E-state index in [1.165, 1.54) is 0 Å². The minimum absolute atomic E-state index is 0.0616. The van der Waals surface area contributed by atoms with E-state index in [0.717, 1.165) is 45.3 Å². The summed E-state index contributed by atoms with van der Waals surface area (Å²) in [5.74, 6) is 0.425. The average molecular weight is 370 g/mol. The molecule has 0 spiro atoms. The molecule has 2 aromatic carbocycles. The number of nitrogens with zero attached hydrogens (tertiary/aromatic N) is 1. The molecule has 0 fully saturated rings. The SMILES string of the molecule is CC1(C)CC(=O)C2=C(C1)c1ccc3ncccc3c1NC2c1ccc(O)cc1. The van der Waals surface area contributed by atoms with Gasteiger partial charge in [-0.05, 0) is 53.3 Å². The third-order valence-corrected chi connectivity index (χ3v) is 5.83. The standard InChI is InChI=1S/C24H22N2O2/c1-24(2)12-18-16-9-10-19-17(4-3-11-25-19)23(16)26-22(21(18)20(28)13-24)14-5-7-15(27)8-6-14/h3-11,22,26-27H,12-13H2,1-2H3. The lowest BCUT2D eigenvalue weighted by Gasteiger charge is -2.40. The number of fused-ring (bicyclic) bond motifs is 4. The van der Waals surface area contributed by atoms with E-state index in [4.69, 9.17) is 0 Å². The summed E-state index contributed by atoms with van der Waals surface area (Å²) in [6.07, 6.45) is 3.21. The number of aromatic nitrogens is 1. The van der Waals surface area contributed by atoms with Gasteiger partial charge in [0.2, 0.25) is 0 Å². The highest BCUT2D eigenvalue weighted by atomic mass is 16.3. The number of phenols is 1. The van der Waals surface area contributed by atoms with E-state index in [1.807, 2.05) is 24.3 Å². The lowest BCUT2D eigenvalue weighted by Crippen LogP contribution is -2.33. The minimum Gasteiger partial charge on any atom is -0.508 e. The zero-order valence-corrected chi connectivity index (χ0v) is 16.0. The molecule has 0 saturated carbocycles. The van der Waals surface area contributed by atoms with Crippen molar-refractivity contribution >= 4 is 27.9 Å². The highest BCUT2D eigenvalue weighted by Gasteiger charge is 2.40. The summed E-state index contributed by atoms with van der Waals surface area (Å²) >= 11 is 0. The molecule has 0 radical (unpaired) electrons. The van der Waals surface area contributed by atoms with Crippen molar-refractivity contribution in [1.29, 1.82) is 0 Å². The summed E-state index contributed by atoms with van der Waals surface area (Å²) in [4.78, 5) is 17.7. The predicted molar refractivity (Wildman–Crippen MR) is 111 cm³/mol. The molecule has 2 N–H and O–H groups in total. The number of anilines is 1. The van der Waals surface area contributed by atoms with E-state index in [-0.39, 0.29) is 23.0 Å². The van der Waals surface area contributed by atoms with E-state index in [2.05, 4.69) is 36.3 Å². The van der Waals surface area contributed by atoms with Gasteiger partial charge in [0.05, 0.1) is 17.2 Å². The Kier molecular flexibility index (Phi) is 3.60. The van der Waals surface area contributed by atoms with Crippen molar-refractivity contribution in [3.05, 3.63) is 71.4 Å². The number of allylic oxidation sites excluding steroid dienone is 1. The summed E-state index contributed by atoms with van der Waals surface area (Å²) in [6.45, 7) is 4.32. The number of rotatable bonds is 1. The van der Waals surface area contributed by atoms with Crippen molar-refractivity contribution in [1.82, 2.24) is 4.98 Å². The number of nitrogens with one attached hydrogen (secondary N) is 1. The van der Waals surface area contributed by atoms with Crippen molar-refractivity contribution in [2.75, 3.05) is 5.32 Å². The van der Waals surface area contributed by atoms with Crippen LogP contribution in [0.2, 0.25) is 0 Å². The summed E-state index contributed by atoms with van der Waals surface area (Å²) in [7, 11) is 0. The molecule has 2 aliphatic rings. The fraction of sp³-hybridized carbons (Fsp3) is 0.250. The van der Waals surface area contributed by atoms with Gasteiger partial charge in [-0.3, -0.25) is 9.78 Å². The Morgan fingerprint density at radius 2 is 1.86 bits per heavy atom. The van der Waals surface area contributed by atoms with Gasteiger partial charge < -0.3 is 10.4 Å². The van der Waals surface area contributed by atoms with Crippen LogP contribution in [-0.2, 0) is 4.79 Å². The fourth-order valence-corrected chi connectivity index (χ4v) is 4.60. The number of carbonyl (C=O) groups is 1. The maximum Gasteiger partial charge on any atom is 0.162 e. The molecule has 1 unspecified atom stereocenters. The zero-order chi connectivity index (χ0) is 19.5. The third-order valence-electron chi connectivity index (χ3n) is 5.83. The summed E-state index contributed by atoms with van der Waals surface area (Å²) < 4.78 is 0. The van der Waals surface area contributed by atoms with Crippen molar-refractivity contribution in [3.8, 4) is 5.75 Å². The lowest BCUT2D eigenvalue weighted by molar-refractivity contribution is -0.118. The molecule has 3 aromatic rings. The number of hydrogen-bond donors (Lipinski definition) is 2. The molecule has 0 amide bonds. The second-order valence-electron chi connectivity index (χ2n) is 8.56. The lowest BCUT2D eigenvalue weighted by atomic mass is 9.68. The Balaban J connectivity index is 1.79. The number of Topliss-reactive ketones (excluding diaryl/α,β-unsaturated/α-hetero) is 1. The number of carbonyl (C=O) groups excluding carboxylic acids is 1. The predicted octanol–water partition coefficient (Wildman–Crippen LogP) is 5.25. The molecule has 5 rings (SSSR count). The Labute approximate surface area is 163 Å². The van der Waals surface area contributed by atoms with Gasteiger partial charge in [0, 0.05) is 29.1 Å². The van der Waals surface area contributed by atoms with Crippen molar-refractivity contribution in [2.24, 2.45) is 5.41 Å². The Hall–Kier alpha value is -3.14. The van der Waals surface area contributed by atoms with Crippen molar-refractivity contribution in [2.45, 2.75) is 32.7 Å². The minimum atomic E-state index is -0.225. The smallest absolute Gasteiger partial charge is 0.162 e. The van der Waals surface area contributed by atoms with Crippen LogP contribution in [-0.4, -0.2) is 15.9 Å². The molecule has 1 aliphatic heterocycles. The van der Waals surface area contributed by atoms with Crippen LogP contribution in [0, 0.1) is 5.41 Å². The number of aromatic hydroxyl groups is 1. The van der Waals surface area contributed by atoms with Crippen molar-refractivity contribution < 1.29 is 9.90 Å². The zero-order valence-electron chi connectivity index (χ0n) is 16.0. The molecular weight excluding hydrogens is 348 g/mol. The van der Waals surface area contributed by atoms with Crippen LogP contribution in [0.25, 0.3) is 16.5 Å². The molecule has 2 heterocycles. The van der Waals surface area contributed by atoms with Crippen LogP contribution in [0.1, 0.15) is 43.9 Å². The maximum atomic E-state index is 13.2. The van der Waals surface area contributed by atoms with E-state index in [9.17, 15) is 9.90 Å². The fourth-order valence-electron chi connectivity index (χ4n) is 4.60. The molecule has 0 bridgehead atoms. The molecular formula is C24H22N2O2. The van der Waals surface area contributed by atoms with E-state index >= 15 is 0 Å².